The van der Waals surface area contributed by atoms with Gasteiger partial charge in [-0.1, -0.05) is 6.07 Å². The molecular weight excluding hydrogens is 239 g/mol. The van der Waals surface area contributed by atoms with Crippen molar-refractivity contribution in [2.75, 3.05) is 0 Å². The highest BCUT2D eigenvalue weighted by Crippen LogP contribution is 2.17. The lowest BCUT2D eigenvalue weighted by molar-refractivity contribution is -0.142. The summed E-state index contributed by atoms with van der Waals surface area (Å²) in [4.78, 5) is 10.5. The van der Waals surface area contributed by atoms with E-state index in [1.54, 1.807) is 12.1 Å². The van der Waals surface area contributed by atoms with Gasteiger partial charge >= 0.3 is 5.97 Å². The van der Waals surface area contributed by atoms with Gasteiger partial charge in [0.15, 0.2) is 0 Å². The highest BCUT2D eigenvalue weighted by atomic mass is 79.9. The maximum absolute atomic E-state index is 12.7. The smallest absolute Gasteiger partial charge is 0.302 e. The van der Waals surface area contributed by atoms with Crippen LogP contribution in [0.3, 0.4) is 0 Å². The standard InChI is InChI=1S/C9H8BrFO2/c1-6(12)13-5-7-2-3-9(11)8(10)4-7/h2-4H,5H2,1H3. The fourth-order valence-corrected chi connectivity index (χ4v) is 1.24. The number of carbonyl (C=O) groups is 1. The van der Waals surface area contributed by atoms with Crippen LogP contribution in [-0.4, -0.2) is 5.97 Å². The molecular formula is C9H8BrFO2. The molecule has 2 nitrogen and oxygen atoms in total. The number of rotatable bonds is 2. The average molecular weight is 247 g/mol. The zero-order valence-corrected chi connectivity index (χ0v) is 8.60. The van der Waals surface area contributed by atoms with Gasteiger partial charge in [-0.25, -0.2) is 4.39 Å². The summed E-state index contributed by atoms with van der Waals surface area (Å²) in [5, 5.41) is 0. The van der Waals surface area contributed by atoms with Gasteiger partial charge in [0.1, 0.15) is 12.4 Å². The van der Waals surface area contributed by atoms with E-state index in [1.165, 1.54) is 13.0 Å². The Morgan fingerprint density at radius 1 is 1.62 bits per heavy atom. The quantitative estimate of drug-likeness (QED) is 0.751. The van der Waals surface area contributed by atoms with Gasteiger partial charge in [0, 0.05) is 6.92 Å². The van der Waals surface area contributed by atoms with E-state index in [0.29, 0.717) is 4.47 Å². The van der Waals surface area contributed by atoms with Crippen LogP contribution in [0.4, 0.5) is 4.39 Å². The first-order valence-electron chi connectivity index (χ1n) is 3.67. The van der Waals surface area contributed by atoms with E-state index < -0.39 is 0 Å². The first-order chi connectivity index (χ1) is 6.09. The summed E-state index contributed by atoms with van der Waals surface area (Å²) >= 11 is 3.04. The van der Waals surface area contributed by atoms with Crippen LogP contribution in [-0.2, 0) is 16.1 Å². The minimum Gasteiger partial charge on any atom is -0.461 e. The van der Waals surface area contributed by atoms with Gasteiger partial charge in [-0.05, 0) is 33.6 Å². The molecule has 0 unspecified atom stereocenters. The molecule has 0 fully saturated rings. The van der Waals surface area contributed by atoms with Crippen LogP contribution in [0.5, 0.6) is 0 Å². The van der Waals surface area contributed by atoms with Crippen molar-refractivity contribution >= 4 is 21.9 Å². The summed E-state index contributed by atoms with van der Waals surface area (Å²) in [6, 6.07) is 4.48. The van der Waals surface area contributed by atoms with Crippen molar-refractivity contribution in [2.24, 2.45) is 0 Å². The highest BCUT2D eigenvalue weighted by molar-refractivity contribution is 9.10. The third-order valence-electron chi connectivity index (χ3n) is 1.43. The molecule has 1 aromatic rings. The zero-order chi connectivity index (χ0) is 9.84. The van der Waals surface area contributed by atoms with Crippen LogP contribution < -0.4 is 0 Å². The lowest BCUT2D eigenvalue weighted by atomic mass is 10.2. The maximum Gasteiger partial charge on any atom is 0.302 e. The number of hydrogen-bond acceptors (Lipinski definition) is 2. The fraction of sp³-hybridized carbons (Fsp3) is 0.222. The van der Waals surface area contributed by atoms with Gasteiger partial charge in [-0.15, -0.1) is 0 Å². The molecule has 0 aliphatic rings. The zero-order valence-electron chi connectivity index (χ0n) is 7.01. The maximum atomic E-state index is 12.7. The van der Waals surface area contributed by atoms with E-state index in [1.807, 2.05) is 0 Å². The van der Waals surface area contributed by atoms with E-state index in [4.69, 9.17) is 4.74 Å². The second-order valence-corrected chi connectivity index (χ2v) is 3.38. The topological polar surface area (TPSA) is 26.3 Å². The summed E-state index contributed by atoms with van der Waals surface area (Å²) in [5.74, 6) is -0.674. The number of carbonyl (C=O) groups excluding carboxylic acids is 1. The van der Waals surface area contributed by atoms with Crippen LogP contribution in [0.25, 0.3) is 0 Å². The van der Waals surface area contributed by atoms with Gasteiger partial charge in [-0.3, -0.25) is 4.79 Å². The molecule has 1 aromatic carbocycles. The van der Waals surface area contributed by atoms with Crippen LogP contribution >= 0.6 is 15.9 Å². The number of ether oxygens (including phenoxy) is 1. The van der Waals surface area contributed by atoms with E-state index in [2.05, 4.69) is 15.9 Å². The molecule has 0 saturated heterocycles. The second kappa shape index (κ2) is 4.37. The SMILES string of the molecule is CC(=O)OCc1ccc(F)c(Br)c1. The summed E-state index contributed by atoms with van der Waals surface area (Å²) in [6.07, 6.45) is 0. The average Bonchev–Trinajstić information content (AvgIpc) is 2.07. The Morgan fingerprint density at radius 2 is 2.31 bits per heavy atom. The van der Waals surface area contributed by atoms with Crippen LogP contribution in [0.1, 0.15) is 12.5 Å². The van der Waals surface area contributed by atoms with E-state index in [9.17, 15) is 9.18 Å². The highest BCUT2D eigenvalue weighted by Gasteiger charge is 2.01. The molecule has 13 heavy (non-hydrogen) atoms. The Bertz CT molecular complexity index is 325. The molecule has 0 heterocycles. The van der Waals surface area contributed by atoms with Gasteiger partial charge in [0.05, 0.1) is 4.47 Å². The van der Waals surface area contributed by atoms with Crippen LogP contribution in [0.2, 0.25) is 0 Å². The Labute approximate surface area is 83.8 Å². The Balaban J connectivity index is 2.68. The predicted octanol–water partition coefficient (Wildman–Crippen LogP) is 2.65. The first-order valence-corrected chi connectivity index (χ1v) is 4.46. The lowest BCUT2D eigenvalue weighted by Gasteiger charge is -2.02. The molecule has 0 aliphatic carbocycles. The number of benzene rings is 1. The molecule has 4 heteroatoms. The minimum absolute atomic E-state index is 0.175. The Kier molecular flexibility index (Phi) is 3.42. The molecule has 0 bridgehead atoms. The number of hydrogen-bond donors (Lipinski definition) is 0. The largest absolute Gasteiger partial charge is 0.461 e. The fourth-order valence-electron chi connectivity index (χ4n) is 0.814. The van der Waals surface area contributed by atoms with Crippen molar-refractivity contribution in [3.05, 3.63) is 34.1 Å². The number of esters is 1. The lowest BCUT2D eigenvalue weighted by Crippen LogP contribution is -1.98. The molecule has 70 valence electrons. The van der Waals surface area contributed by atoms with Gasteiger partial charge in [0.2, 0.25) is 0 Å². The molecule has 0 N–H and O–H groups in total. The predicted molar refractivity (Wildman–Crippen MR) is 49.6 cm³/mol. The van der Waals surface area contributed by atoms with Crippen molar-refractivity contribution in [1.29, 1.82) is 0 Å². The molecule has 0 aliphatic heterocycles. The second-order valence-electron chi connectivity index (χ2n) is 2.53. The van der Waals surface area contributed by atoms with Crippen molar-refractivity contribution < 1.29 is 13.9 Å². The molecule has 0 spiro atoms. The molecule has 0 aromatic heterocycles. The molecule has 0 saturated carbocycles. The van der Waals surface area contributed by atoms with Crippen molar-refractivity contribution in [1.82, 2.24) is 0 Å². The van der Waals surface area contributed by atoms with Crippen molar-refractivity contribution in [3.8, 4) is 0 Å². The van der Waals surface area contributed by atoms with E-state index >= 15 is 0 Å². The summed E-state index contributed by atoms with van der Waals surface area (Å²) in [6.45, 7) is 1.51. The first kappa shape index (κ1) is 10.2. The van der Waals surface area contributed by atoms with Gasteiger partial charge < -0.3 is 4.74 Å². The number of halogens is 2. The summed E-state index contributed by atoms with van der Waals surface area (Å²) < 4.78 is 17.9. The molecule has 0 amide bonds. The van der Waals surface area contributed by atoms with Gasteiger partial charge in [-0.2, -0.15) is 0 Å². The monoisotopic (exact) mass is 246 g/mol. The van der Waals surface area contributed by atoms with E-state index in [-0.39, 0.29) is 18.4 Å². The Hall–Kier alpha value is -0.900. The molecule has 0 radical (unpaired) electrons. The van der Waals surface area contributed by atoms with E-state index in [0.717, 1.165) is 5.56 Å². The third kappa shape index (κ3) is 3.14. The summed E-state index contributed by atoms with van der Waals surface area (Å²) in [5.41, 5.74) is 0.753. The Morgan fingerprint density at radius 3 is 2.85 bits per heavy atom. The van der Waals surface area contributed by atoms with Crippen LogP contribution in [0.15, 0.2) is 22.7 Å². The minimum atomic E-state index is -0.347. The normalized spacial score (nSPS) is 9.77. The molecule has 0 atom stereocenters. The van der Waals surface area contributed by atoms with Gasteiger partial charge in [0.25, 0.3) is 0 Å². The van der Waals surface area contributed by atoms with Crippen molar-refractivity contribution in [2.45, 2.75) is 13.5 Å². The van der Waals surface area contributed by atoms with Crippen LogP contribution in [0, 0.1) is 5.82 Å². The third-order valence-corrected chi connectivity index (χ3v) is 2.03. The van der Waals surface area contributed by atoms with Crippen molar-refractivity contribution in [3.63, 3.8) is 0 Å². The molecule has 1 rings (SSSR count). The summed E-state index contributed by atoms with van der Waals surface area (Å²) in [7, 11) is 0.